The molecule has 0 bridgehead atoms. The van der Waals surface area contributed by atoms with Crippen LogP contribution in [0.15, 0.2) is 57.0 Å². The molecule has 3 heterocycles. The highest BCUT2D eigenvalue weighted by atomic mass is 79.9. The van der Waals surface area contributed by atoms with Crippen LogP contribution >= 0.6 is 27.7 Å². The Bertz CT molecular complexity index is 1120. The van der Waals surface area contributed by atoms with Crippen molar-refractivity contribution < 1.29 is 0 Å². The van der Waals surface area contributed by atoms with Gasteiger partial charge in [0.05, 0.1) is 16.7 Å². The molecular weight excluding hydrogens is 388 g/mol. The summed E-state index contributed by atoms with van der Waals surface area (Å²) in [7, 11) is 0. The highest BCUT2D eigenvalue weighted by Crippen LogP contribution is 2.23. The first-order chi connectivity index (χ1) is 11.6. The largest absolute Gasteiger partial charge is 0.333 e. The number of benzene rings is 1. The second-order valence-electron chi connectivity index (χ2n) is 5.51. The van der Waals surface area contributed by atoms with Gasteiger partial charge in [-0.15, -0.1) is 0 Å². The van der Waals surface area contributed by atoms with Crippen LogP contribution in [0.25, 0.3) is 16.7 Å². The molecule has 0 aliphatic heterocycles. The van der Waals surface area contributed by atoms with E-state index in [1.165, 1.54) is 21.7 Å². The van der Waals surface area contributed by atoms with Crippen molar-refractivity contribution in [3.05, 3.63) is 68.7 Å². The van der Waals surface area contributed by atoms with E-state index in [9.17, 15) is 4.79 Å². The van der Waals surface area contributed by atoms with Gasteiger partial charge in [-0.3, -0.25) is 9.20 Å². The van der Waals surface area contributed by atoms with Crippen molar-refractivity contribution in [2.24, 2.45) is 0 Å². The minimum Gasteiger partial charge on any atom is -0.333 e. The molecule has 0 aliphatic rings. The fourth-order valence-corrected chi connectivity index (χ4v) is 3.63. The average molecular weight is 401 g/mol. The van der Waals surface area contributed by atoms with Crippen molar-refractivity contribution in [2.75, 3.05) is 0 Å². The van der Waals surface area contributed by atoms with Gasteiger partial charge in [-0.1, -0.05) is 17.8 Å². The third-order valence-corrected chi connectivity index (χ3v) is 5.02. The van der Waals surface area contributed by atoms with E-state index in [4.69, 9.17) is 0 Å². The maximum Gasteiger partial charge on any atom is 0.258 e. The number of hydrogen-bond donors (Lipinski definition) is 1. The van der Waals surface area contributed by atoms with Gasteiger partial charge < -0.3 is 4.98 Å². The lowest BCUT2D eigenvalue weighted by Gasteiger charge is -2.03. The fraction of sp³-hybridized carbons (Fsp3) is 0.118. The molecule has 4 aromatic rings. The fourth-order valence-electron chi connectivity index (χ4n) is 2.51. The summed E-state index contributed by atoms with van der Waals surface area (Å²) in [6, 6.07) is 11.4. The molecule has 24 heavy (non-hydrogen) atoms. The Hall–Kier alpha value is -2.12. The van der Waals surface area contributed by atoms with E-state index in [-0.39, 0.29) is 5.56 Å². The number of fused-ring (bicyclic) bond motifs is 2. The van der Waals surface area contributed by atoms with Gasteiger partial charge in [0.2, 0.25) is 0 Å². The lowest BCUT2D eigenvalue weighted by molar-refractivity contribution is 1.00. The van der Waals surface area contributed by atoms with Crippen LogP contribution in [0.5, 0.6) is 0 Å². The lowest BCUT2D eigenvalue weighted by atomic mass is 10.2. The third kappa shape index (κ3) is 2.97. The topological polar surface area (TPSA) is 63.1 Å². The van der Waals surface area contributed by atoms with Crippen molar-refractivity contribution in [2.45, 2.75) is 17.8 Å². The molecule has 0 unspecified atom stereocenters. The second-order valence-corrected chi connectivity index (χ2v) is 7.39. The van der Waals surface area contributed by atoms with Gasteiger partial charge in [0.1, 0.15) is 5.65 Å². The van der Waals surface area contributed by atoms with E-state index < -0.39 is 0 Å². The summed E-state index contributed by atoms with van der Waals surface area (Å²) >= 11 is 4.90. The van der Waals surface area contributed by atoms with Crippen molar-refractivity contribution >= 4 is 44.4 Å². The van der Waals surface area contributed by atoms with E-state index in [0.717, 1.165) is 26.4 Å². The molecule has 5 nitrogen and oxygen atoms in total. The number of aromatic nitrogens is 4. The summed E-state index contributed by atoms with van der Waals surface area (Å²) in [6.07, 6.45) is 1.73. The number of nitrogens with zero attached hydrogens (tertiary/aromatic N) is 3. The van der Waals surface area contributed by atoms with Gasteiger partial charge in [-0.05, 0) is 52.7 Å². The Morgan fingerprint density at radius 3 is 2.96 bits per heavy atom. The molecule has 0 radical (unpaired) electrons. The van der Waals surface area contributed by atoms with Crippen molar-refractivity contribution in [3.8, 4) is 0 Å². The second kappa shape index (κ2) is 6.07. The highest BCUT2D eigenvalue weighted by Gasteiger charge is 2.07. The van der Waals surface area contributed by atoms with E-state index in [2.05, 4.69) is 43.9 Å². The number of aromatic amines is 1. The zero-order valence-corrected chi connectivity index (χ0v) is 15.2. The predicted molar refractivity (Wildman–Crippen MR) is 99.6 cm³/mol. The summed E-state index contributed by atoms with van der Waals surface area (Å²) in [6.45, 7) is 2.05. The number of pyridine rings is 1. The number of thioether (sulfide) groups is 1. The molecule has 0 atom stereocenters. The van der Waals surface area contributed by atoms with Crippen LogP contribution < -0.4 is 5.56 Å². The minimum atomic E-state index is -0.0860. The number of halogens is 1. The molecule has 7 heteroatoms. The predicted octanol–water partition coefficient (Wildman–Crippen LogP) is 3.93. The van der Waals surface area contributed by atoms with Gasteiger partial charge in [-0.2, -0.15) is 0 Å². The molecule has 3 aromatic heterocycles. The van der Waals surface area contributed by atoms with E-state index in [1.54, 1.807) is 12.3 Å². The van der Waals surface area contributed by atoms with Crippen molar-refractivity contribution in [1.82, 2.24) is 19.4 Å². The summed E-state index contributed by atoms with van der Waals surface area (Å²) in [5.74, 6) is 0.584. The molecular formula is C17H13BrN4OS. The number of imidazole rings is 1. The van der Waals surface area contributed by atoms with E-state index in [0.29, 0.717) is 11.4 Å². The molecule has 0 fully saturated rings. The van der Waals surface area contributed by atoms with E-state index in [1.807, 2.05) is 24.3 Å². The van der Waals surface area contributed by atoms with Crippen molar-refractivity contribution in [3.63, 3.8) is 0 Å². The molecule has 1 aromatic carbocycles. The first-order valence-corrected chi connectivity index (χ1v) is 9.13. The summed E-state index contributed by atoms with van der Waals surface area (Å²) in [4.78, 5) is 24.6. The first-order valence-electron chi connectivity index (χ1n) is 7.35. The molecule has 0 amide bonds. The first kappa shape index (κ1) is 15.4. The molecule has 0 saturated heterocycles. The smallest absolute Gasteiger partial charge is 0.258 e. The van der Waals surface area contributed by atoms with Gasteiger partial charge >= 0.3 is 0 Å². The number of rotatable bonds is 3. The van der Waals surface area contributed by atoms with Gasteiger partial charge in [0, 0.05) is 22.5 Å². The van der Waals surface area contributed by atoms with Crippen LogP contribution in [0.1, 0.15) is 11.3 Å². The monoisotopic (exact) mass is 400 g/mol. The number of H-pyrrole nitrogens is 1. The minimum absolute atomic E-state index is 0.0860. The van der Waals surface area contributed by atoms with Gasteiger partial charge in [0.25, 0.3) is 5.56 Å². The SMILES string of the molecule is Cc1ccc2nc(SCc3cc(=O)n4cc(Br)ccc4n3)[nH]c2c1. The molecule has 0 spiro atoms. The van der Waals surface area contributed by atoms with Crippen LogP contribution in [0.4, 0.5) is 0 Å². The Kier molecular flexibility index (Phi) is 3.90. The third-order valence-electron chi connectivity index (χ3n) is 3.65. The number of aryl methyl sites for hydroxylation is 1. The van der Waals surface area contributed by atoms with Crippen molar-refractivity contribution in [1.29, 1.82) is 0 Å². The summed E-state index contributed by atoms with van der Waals surface area (Å²) in [5.41, 5.74) is 4.45. The quantitative estimate of drug-likeness (QED) is 0.529. The van der Waals surface area contributed by atoms with Crippen LogP contribution in [-0.2, 0) is 5.75 Å². The summed E-state index contributed by atoms with van der Waals surface area (Å²) in [5, 5.41) is 0.827. The summed E-state index contributed by atoms with van der Waals surface area (Å²) < 4.78 is 2.38. The normalized spacial score (nSPS) is 11.4. The van der Waals surface area contributed by atoms with E-state index >= 15 is 0 Å². The zero-order valence-electron chi connectivity index (χ0n) is 12.8. The van der Waals surface area contributed by atoms with Crippen LogP contribution in [0, 0.1) is 6.92 Å². The van der Waals surface area contributed by atoms with Crippen LogP contribution in [0.2, 0.25) is 0 Å². The van der Waals surface area contributed by atoms with Crippen LogP contribution in [0.3, 0.4) is 0 Å². The van der Waals surface area contributed by atoms with Gasteiger partial charge in [0.15, 0.2) is 5.16 Å². The Labute approximate surface area is 150 Å². The standard InChI is InChI=1S/C17H13BrN4OS/c1-10-2-4-13-14(6-10)21-17(20-13)24-9-12-7-16(23)22-8-11(18)3-5-15(22)19-12/h2-8H,9H2,1H3,(H,20,21). The Morgan fingerprint density at radius 2 is 2.08 bits per heavy atom. The Morgan fingerprint density at radius 1 is 1.21 bits per heavy atom. The molecule has 1 N–H and O–H groups in total. The number of hydrogen-bond acceptors (Lipinski definition) is 4. The number of nitrogens with one attached hydrogen (secondary N) is 1. The van der Waals surface area contributed by atoms with Crippen LogP contribution in [-0.4, -0.2) is 19.4 Å². The zero-order chi connectivity index (χ0) is 16.7. The Balaban J connectivity index is 1.61. The maximum atomic E-state index is 12.2. The molecule has 0 saturated carbocycles. The van der Waals surface area contributed by atoms with Gasteiger partial charge in [-0.25, -0.2) is 9.97 Å². The molecule has 120 valence electrons. The molecule has 4 rings (SSSR count). The lowest BCUT2D eigenvalue weighted by Crippen LogP contribution is -2.15. The molecule has 0 aliphatic carbocycles. The highest BCUT2D eigenvalue weighted by molar-refractivity contribution is 9.10. The average Bonchev–Trinajstić information content (AvgIpc) is 2.95. The maximum absolute atomic E-state index is 12.2.